The van der Waals surface area contributed by atoms with Gasteiger partial charge < -0.3 is 10.3 Å². The molecule has 0 unspecified atom stereocenters. The summed E-state index contributed by atoms with van der Waals surface area (Å²) in [6.45, 7) is 3.98. The number of nitrogens with one attached hydrogen (secondary N) is 2. The van der Waals surface area contributed by atoms with Gasteiger partial charge in [-0.2, -0.15) is 0 Å². The number of aryl methyl sites for hydroxylation is 1. The maximum absolute atomic E-state index is 13.6. The normalized spacial score (nSPS) is 11.3. The predicted molar refractivity (Wildman–Crippen MR) is 139 cm³/mol. The van der Waals surface area contributed by atoms with Crippen LogP contribution in [0.25, 0.3) is 27.6 Å². The van der Waals surface area contributed by atoms with Crippen molar-refractivity contribution in [1.82, 2.24) is 14.5 Å². The third kappa shape index (κ3) is 4.08. The summed E-state index contributed by atoms with van der Waals surface area (Å²) in [5.41, 5.74) is 5.13. The Kier molecular flexibility index (Phi) is 5.89. The summed E-state index contributed by atoms with van der Waals surface area (Å²) in [5.74, 6) is -0.0732. The standard InChI is InChI=1S/C26H21ClN4O2S/c1-15-6-5-9-20(16(15)2)28-22(32)14-34-26-30-23-19-7-3-4-8-21(19)29-24(23)25(33)31(26)18-12-10-17(27)11-13-18/h3-13,29H,14H2,1-2H3,(H,28,32). The highest BCUT2D eigenvalue weighted by Crippen LogP contribution is 2.27. The zero-order chi connectivity index (χ0) is 23.8. The van der Waals surface area contributed by atoms with Gasteiger partial charge in [0.05, 0.1) is 11.4 Å². The number of carbonyl (C=O) groups is 1. The van der Waals surface area contributed by atoms with E-state index >= 15 is 0 Å². The van der Waals surface area contributed by atoms with Gasteiger partial charge in [0, 0.05) is 21.6 Å². The molecule has 2 heterocycles. The van der Waals surface area contributed by atoms with Crippen LogP contribution in [0.2, 0.25) is 5.02 Å². The van der Waals surface area contributed by atoms with E-state index in [0.717, 1.165) is 27.7 Å². The van der Waals surface area contributed by atoms with E-state index < -0.39 is 0 Å². The third-order valence-corrected chi connectivity index (χ3v) is 6.98. The molecule has 0 aliphatic carbocycles. The minimum Gasteiger partial charge on any atom is -0.349 e. The van der Waals surface area contributed by atoms with Crippen LogP contribution in [-0.2, 0) is 4.79 Å². The van der Waals surface area contributed by atoms with Crippen molar-refractivity contribution in [2.75, 3.05) is 11.1 Å². The first-order valence-corrected chi connectivity index (χ1v) is 12.1. The molecule has 0 radical (unpaired) electrons. The Bertz CT molecular complexity index is 1610. The number of halogens is 1. The summed E-state index contributed by atoms with van der Waals surface area (Å²) in [6.07, 6.45) is 0. The number of nitrogens with zero attached hydrogens (tertiary/aromatic N) is 2. The third-order valence-electron chi connectivity index (χ3n) is 5.79. The molecule has 0 saturated carbocycles. The lowest BCUT2D eigenvalue weighted by Gasteiger charge is -2.13. The molecule has 0 saturated heterocycles. The first-order valence-electron chi connectivity index (χ1n) is 10.7. The number of aromatic nitrogens is 3. The minimum atomic E-state index is -0.235. The van der Waals surface area contributed by atoms with Crippen molar-refractivity contribution in [3.8, 4) is 5.69 Å². The second-order valence-corrected chi connectivity index (χ2v) is 9.37. The molecule has 2 aromatic heterocycles. The fraction of sp³-hybridized carbons (Fsp3) is 0.115. The maximum Gasteiger partial charge on any atom is 0.283 e. The van der Waals surface area contributed by atoms with Gasteiger partial charge in [0.1, 0.15) is 11.0 Å². The average Bonchev–Trinajstić information content (AvgIpc) is 3.21. The molecule has 0 bridgehead atoms. The Labute approximate surface area is 205 Å². The average molecular weight is 489 g/mol. The van der Waals surface area contributed by atoms with Crippen LogP contribution in [0.4, 0.5) is 5.69 Å². The van der Waals surface area contributed by atoms with Gasteiger partial charge in [0.25, 0.3) is 5.56 Å². The first-order chi connectivity index (χ1) is 16.4. The summed E-state index contributed by atoms with van der Waals surface area (Å²) in [5, 5.41) is 4.83. The van der Waals surface area contributed by atoms with Crippen LogP contribution in [0, 0.1) is 13.8 Å². The number of H-pyrrole nitrogens is 1. The second-order valence-electron chi connectivity index (χ2n) is 7.99. The van der Waals surface area contributed by atoms with Gasteiger partial charge in [-0.15, -0.1) is 0 Å². The molecule has 170 valence electrons. The largest absolute Gasteiger partial charge is 0.349 e. The van der Waals surface area contributed by atoms with Crippen LogP contribution < -0.4 is 10.9 Å². The SMILES string of the molecule is Cc1cccc(NC(=O)CSc2nc3c([nH]c4ccccc43)c(=O)n2-c2ccc(Cl)cc2)c1C. The monoisotopic (exact) mass is 488 g/mol. The summed E-state index contributed by atoms with van der Waals surface area (Å²) in [7, 11) is 0. The molecule has 1 amide bonds. The fourth-order valence-corrected chi connectivity index (χ4v) is 4.79. The molecule has 34 heavy (non-hydrogen) atoms. The van der Waals surface area contributed by atoms with Crippen LogP contribution in [0.15, 0.2) is 76.7 Å². The van der Waals surface area contributed by atoms with E-state index in [1.807, 2.05) is 56.3 Å². The molecule has 6 nitrogen and oxygen atoms in total. The van der Waals surface area contributed by atoms with E-state index in [1.54, 1.807) is 24.3 Å². The molecule has 5 rings (SSSR count). The van der Waals surface area contributed by atoms with Crippen molar-refractivity contribution < 1.29 is 4.79 Å². The number of aromatic amines is 1. The Morgan fingerprint density at radius 2 is 1.82 bits per heavy atom. The lowest BCUT2D eigenvalue weighted by Crippen LogP contribution is -2.23. The Morgan fingerprint density at radius 1 is 1.06 bits per heavy atom. The molecule has 0 aliphatic heterocycles. The van der Waals surface area contributed by atoms with E-state index in [4.69, 9.17) is 16.6 Å². The van der Waals surface area contributed by atoms with E-state index in [0.29, 0.717) is 26.9 Å². The Morgan fingerprint density at radius 3 is 2.62 bits per heavy atom. The van der Waals surface area contributed by atoms with E-state index in [-0.39, 0.29) is 17.2 Å². The molecule has 0 spiro atoms. The van der Waals surface area contributed by atoms with Gasteiger partial charge in [0.2, 0.25) is 5.91 Å². The van der Waals surface area contributed by atoms with Crippen LogP contribution in [0.5, 0.6) is 0 Å². The molecule has 2 N–H and O–H groups in total. The molecule has 8 heteroatoms. The number of hydrogen-bond acceptors (Lipinski definition) is 4. The van der Waals surface area contributed by atoms with Crippen molar-refractivity contribution in [2.24, 2.45) is 0 Å². The summed E-state index contributed by atoms with van der Waals surface area (Å²) >= 11 is 7.28. The second kappa shape index (κ2) is 9.00. The van der Waals surface area contributed by atoms with Crippen LogP contribution in [0.1, 0.15) is 11.1 Å². The number of rotatable bonds is 5. The van der Waals surface area contributed by atoms with Crippen LogP contribution in [-0.4, -0.2) is 26.2 Å². The molecule has 0 fully saturated rings. The van der Waals surface area contributed by atoms with Gasteiger partial charge in [-0.05, 0) is 61.4 Å². The molecule has 3 aromatic carbocycles. The number of amides is 1. The number of hydrogen-bond donors (Lipinski definition) is 2. The number of fused-ring (bicyclic) bond motifs is 3. The van der Waals surface area contributed by atoms with E-state index in [9.17, 15) is 9.59 Å². The zero-order valence-corrected chi connectivity index (χ0v) is 20.1. The highest BCUT2D eigenvalue weighted by atomic mass is 35.5. The smallest absolute Gasteiger partial charge is 0.283 e. The number of carbonyl (C=O) groups excluding carboxylic acids is 1. The fourth-order valence-electron chi connectivity index (χ4n) is 3.86. The lowest BCUT2D eigenvalue weighted by atomic mass is 10.1. The van der Waals surface area contributed by atoms with Crippen molar-refractivity contribution in [1.29, 1.82) is 0 Å². The van der Waals surface area contributed by atoms with Crippen LogP contribution >= 0.6 is 23.4 Å². The highest BCUT2D eigenvalue weighted by molar-refractivity contribution is 7.99. The van der Waals surface area contributed by atoms with E-state index in [2.05, 4.69) is 10.3 Å². The molecule has 0 atom stereocenters. The highest BCUT2D eigenvalue weighted by Gasteiger charge is 2.18. The Balaban J connectivity index is 1.55. The number of benzene rings is 3. The quantitative estimate of drug-likeness (QED) is 0.239. The summed E-state index contributed by atoms with van der Waals surface area (Å²) in [4.78, 5) is 34.4. The van der Waals surface area contributed by atoms with Crippen molar-refractivity contribution in [2.45, 2.75) is 19.0 Å². The van der Waals surface area contributed by atoms with Gasteiger partial charge in [-0.1, -0.05) is 53.7 Å². The Hall–Kier alpha value is -3.55. The topological polar surface area (TPSA) is 79.8 Å². The molecule has 0 aliphatic rings. The minimum absolute atomic E-state index is 0.0985. The number of thioether (sulfide) groups is 1. The van der Waals surface area contributed by atoms with Crippen molar-refractivity contribution in [3.63, 3.8) is 0 Å². The first kappa shape index (κ1) is 22.3. The molecular weight excluding hydrogens is 468 g/mol. The number of anilines is 1. The van der Waals surface area contributed by atoms with Gasteiger partial charge in [-0.25, -0.2) is 4.98 Å². The van der Waals surface area contributed by atoms with E-state index in [1.165, 1.54) is 16.3 Å². The lowest BCUT2D eigenvalue weighted by molar-refractivity contribution is -0.113. The van der Waals surface area contributed by atoms with Gasteiger partial charge in [-0.3, -0.25) is 14.2 Å². The molecular formula is C26H21ClN4O2S. The number of para-hydroxylation sites is 1. The van der Waals surface area contributed by atoms with Crippen molar-refractivity contribution >= 4 is 56.9 Å². The summed E-state index contributed by atoms with van der Waals surface area (Å²) < 4.78 is 1.52. The predicted octanol–water partition coefficient (Wildman–Crippen LogP) is 5.87. The van der Waals surface area contributed by atoms with Gasteiger partial charge >= 0.3 is 0 Å². The maximum atomic E-state index is 13.6. The van der Waals surface area contributed by atoms with Crippen molar-refractivity contribution in [3.05, 3.63) is 93.2 Å². The van der Waals surface area contributed by atoms with Gasteiger partial charge in [0.15, 0.2) is 5.16 Å². The molecule has 5 aromatic rings. The summed E-state index contributed by atoms with van der Waals surface area (Å²) in [6, 6.07) is 20.4. The van der Waals surface area contributed by atoms with Crippen LogP contribution in [0.3, 0.4) is 0 Å². The zero-order valence-electron chi connectivity index (χ0n) is 18.6.